The van der Waals surface area contributed by atoms with Crippen LogP contribution in [0.2, 0.25) is 0 Å². The topological polar surface area (TPSA) is 115 Å². The summed E-state index contributed by atoms with van der Waals surface area (Å²) in [6, 6.07) is 11.1. The van der Waals surface area contributed by atoms with Gasteiger partial charge >= 0.3 is 10.2 Å². The van der Waals surface area contributed by atoms with Crippen LogP contribution < -0.4 is 9.62 Å². The molecule has 2 N–H and O–H groups in total. The van der Waals surface area contributed by atoms with Crippen molar-refractivity contribution < 1.29 is 31.2 Å². The molecular weight excluding hydrogens is 583 g/mol. The highest BCUT2D eigenvalue weighted by Gasteiger charge is 2.33. The number of H-pyrrole nitrogens is 1. The maximum atomic E-state index is 15.5. The first-order chi connectivity index (χ1) is 20.6. The number of ketones is 1. The lowest BCUT2D eigenvalue weighted by atomic mass is 9.97. The fraction of sp³-hybridized carbons (Fsp3) is 0.300. The average molecular weight is 612 g/mol. The number of aldehydes is 1. The van der Waals surface area contributed by atoms with E-state index in [-0.39, 0.29) is 31.0 Å². The third-order valence-electron chi connectivity index (χ3n) is 8.06. The minimum absolute atomic E-state index is 0.0125. The molecular formula is C30H28F3N5O4S. The van der Waals surface area contributed by atoms with Crippen LogP contribution in [0.4, 0.5) is 24.5 Å². The lowest BCUT2D eigenvalue weighted by molar-refractivity contribution is -0.111. The number of fused-ring (bicyclic) bond motifs is 1. The summed E-state index contributed by atoms with van der Waals surface area (Å²) in [4.78, 5) is 34.0. The Morgan fingerprint density at radius 1 is 1.02 bits per heavy atom. The molecule has 2 aliphatic heterocycles. The van der Waals surface area contributed by atoms with Crippen LogP contribution in [-0.2, 0) is 15.0 Å². The van der Waals surface area contributed by atoms with Gasteiger partial charge in [0.2, 0.25) is 5.78 Å². The summed E-state index contributed by atoms with van der Waals surface area (Å²) in [6.45, 7) is 1.12. The average Bonchev–Trinajstić information content (AvgIpc) is 3.65. The van der Waals surface area contributed by atoms with E-state index in [1.54, 1.807) is 12.3 Å². The van der Waals surface area contributed by atoms with Crippen molar-refractivity contribution in [2.75, 3.05) is 35.8 Å². The quantitative estimate of drug-likeness (QED) is 0.217. The predicted octanol–water partition coefficient (Wildman–Crippen LogP) is 4.85. The molecule has 2 aromatic carbocycles. The van der Waals surface area contributed by atoms with Gasteiger partial charge in [-0.3, -0.25) is 9.52 Å². The van der Waals surface area contributed by atoms with Crippen molar-refractivity contribution in [1.29, 1.82) is 0 Å². The second-order valence-electron chi connectivity index (χ2n) is 10.8. The third-order valence-corrected chi connectivity index (χ3v) is 9.55. The van der Waals surface area contributed by atoms with E-state index in [0.717, 1.165) is 59.9 Å². The molecule has 13 heteroatoms. The van der Waals surface area contributed by atoms with E-state index in [9.17, 15) is 26.8 Å². The Kier molecular flexibility index (Phi) is 7.69. The van der Waals surface area contributed by atoms with Crippen LogP contribution >= 0.6 is 0 Å². The SMILES string of the molecule is O=CC1CCN(c2ccc(-c3cnc4[nH]cc(C(=O)c5c(F)ccc(NS(=O)(=O)N6CCC(F)C6)c5F)c4c3)cc2)CC1. The summed E-state index contributed by atoms with van der Waals surface area (Å²) in [6.07, 6.45) is 4.23. The number of carbonyl (C=O) groups excluding carboxylic acids is 2. The zero-order chi connectivity index (χ0) is 30.3. The van der Waals surface area contributed by atoms with Gasteiger partial charge in [-0.2, -0.15) is 12.7 Å². The Hall–Kier alpha value is -4.23. The van der Waals surface area contributed by atoms with Gasteiger partial charge in [0.15, 0.2) is 5.82 Å². The van der Waals surface area contributed by atoms with Gasteiger partial charge < -0.3 is 14.7 Å². The smallest absolute Gasteiger partial charge is 0.301 e. The summed E-state index contributed by atoms with van der Waals surface area (Å²) >= 11 is 0. The van der Waals surface area contributed by atoms with E-state index in [4.69, 9.17) is 0 Å². The number of carbonyl (C=O) groups is 2. The summed E-state index contributed by atoms with van der Waals surface area (Å²) in [7, 11) is -4.33. The lowest BCUT2D eigenvalue weighted by Gasteiger charge is -2.31. The zero-order valence-corrected chi connectivity index (χ0v) is 23.7. The number of benzene rings is 2. The molecule has 43 heavy (non-hydrogen) atoms. The van der Waals surface area contributed by atoms with Crippen LogP contribution in [0.5, 0.6) is 0 Å². The van der Waals surface area contributed by atoms with Gasteiger partial charge in [0.1, 0.15) is 23.9 Å². The van der Waals surface area contributed by atoms with Crippen molar-refractivity contribution in [2.45, 2.75) is 25.4 Å². The van der Waals surface area contributed by atoms with Gasteiger partial charge in [-0.25, -0.2) is 18.2 Å². The Bertz CT molecular complexity index is 1800. The lowest BCUT2D eigenvalue weighted by Crippen LogP contribution is -2.34. The van der Waals surface area contributed by atoms with E-state index < -0.39 is 45.0 Å². The minimum atomic E-state index is -4.33. The van der Waals surface area contributed by atoms with Crippen LogP contribution in [0.25, 0.3) is 22.2 Å². The summed E-state index contributed by atoms with van der Waals surface area (Å²) in [5.74, 6) is -3.45. The maximum absolute atomic E-state index is 15.5. The van der Waals surface area contributed by atoms with Gasteiger partial charge in [-0.05, 0) is 55.2 Å². The number of hydrogen-bond acceptors (Lipinski definition) is 6. The van der Waals surface area contributed by atoms with Crippen LogP contribution in [0, 0.1) is 17.6 Å². The monoisotopic (exact) mass is 611 g/mol. The van der Waals surface area contributed by atoms with E-state index in [0.29, 0.717) is 16.6 Å². The zero-order valence-electron chi connectivity index (χ0n) is 22.9. The second kappa shape index (κ2) is 11.5. The number of anilines is 2. The Balaban J connectivity index is 1.27. The molecule has 0 radical (unpaired) electrons. The largest absolute Gasteiger partial charge is 0.371 e. The molecule has 2 aliphatic rings. The number of alkyl halides is 1. The van der Waals surface area contributed by atoms with E-state index >= 15 is 4.39 Å². The number of piperidine rings is 1. The molecule has 1 unspecified atom stereocenters. The summed E-state index contributed by atoms with van der Waals surface area (Å²) in [5, 5.41) is 0.332. The molecule has 1 atom stereocenters. The molecule has 2 fully saturated rings. The first-order valence-corrected chi connectivity index (χ1v) is 15.3. The fourth-order valence-corrected chi connectivity index (χ4v) is 6.86. The molecule has 0 spiro atoms. The number of pyridine rings is 1. The number of halogens is 3. The Morgan fingerprint density at radius 3 is 2.44 bits per heavy atom. The summed E-state index contributed by atoms with van der Waals surface area (Å²) in [5.41, 5.74) is 1.24. The first-order valence-electron chi connectivity index (χ1n) is 13.9. The van der Waals surface area contributed by atoms with Gasteiger partial charge in [0, 0.05) is 66.7 Å². The number of nitrogens with zero attached hydrogens (tertiary/aromatic N) is 3. The van der Waals surface area contributed by atoms with E-state index in [2.05, 4.69) is 14.9 Å². The highest BCUT2D eigenvalue weighted by molar-refractivity contribution is 7.90. The number of hydrogen-bond donors (Lipinski definition) is 2. The molecule has 0 aliphatic carbocycles. The fourth-order valence-electron chi connectivity index (χ4n) is 5.59. The highest BCUT2D eigenvalue weighted by Crippen LogP contribution is 2.31. The highest BCUT2D eigenvalue weighted by atomic mass is 32.2. The van der Waals surface area contributed by atoms with Crippen molar-refractivity contribution >= 4 is 44.7 Å². The molecule has 224 valence electrons. The van der Waals surface area contributed by atoms with Gasteiger partial charge in [-0.1, -0.05) is 12.1 Å². The predicted molar refractivity (Wildman–Crippen MR) is 156 cm³/mol. The molecule has 2 saturated heterocycles. The number of nitrogens with one attached hydrogen (secondary N) is 2. The Labute approximate surface area is 245 Å². The molecule has 4 heterocycles. The van der Waals surface area contributed by atoms with Crippen LogP contribution in [0.3, 0.4) is 0 Å². The standard InChI is InChI=1S/C30H28F3N5O4S/c31-21-9-12-38(16-21)43(41,42)36-26-6-5-25(32)27(28(26)33)29(40)24-15-35-30-23(24)13-20(14-34-30)19-1-3-22(4-2-19)37-10-7-18(17-39)8-11-37/h1-6,13-15,17-18,21,36H,7-12,16H2,(H,34,35). The van der Waals surface area contributed by atoms with Crippen molar-refractivity contribution in [3.63, 3.8) is 0 Å². The molecule has 4 aromatic rings. The van der Waals surface area contributed by atoms with Gasteiger partial charge in [0.25, 0.3) is 0 Å². The number of rotatable bonds is 8. The van der Waals surface area contributed by atoms with Crippen LogP contribution in [-0.4, -0.2) is 67.1 Å². The second-order valence-corrected chi connectivity index (χ2v) is 12.5. The number of aromatic nitrogens is 2. The molecule has 0 saturated carbocycles. The maximum Gasteiger partial charge on any atom is 0.301 e. The van der Waals surface area contributed by atoms with E-state index in [1.165, 1.54) is 6.20 Å². The van der Waals surface area contributed by atoms with Crippen molar-refractivity contribution in [3.05, 3.63) is 77.6 Å². The van der Waals surface area contributed by atoms with Crippen LogP contribution in [0.15, 0.2) is 54.9 Å². The van der Waals surface area contributed by atoms with Crippen molar-refractivity contribution in [1.82, 2.24) is 14.3 Å². The Morgan fingerprint density at radius 2 is 1.77 bits per heavy atom. The van der Waals surface area contributed by atoms with Crippen molar-refractivity contribution in [2.24, 2.45) is 5.92 Å². The summed E-state index contributed by atoms with van der Waals surface area (Å²) < 4.78 is 72.1. The van der Waals surface area contributed by atoms with Gasteiger partial charge in [0.05, 0.1) is 11.3 Å². The first kappa shape index (κ1) is 28.9. The van der Waals surface area contributed by atoms with Crippen LogP contribution in [0.1, 0.15) is 35.2 Å². The molecule has 9 nitrogen and oxygen atoms in total. The molecule has 6 rings (SSSR count). The van der Waals surface area contributed by atoms with E-state index in [1.807, 2.05) is 29.0 Å². The number of aromatic amines is 1. The normalized spacial score (nSPS) is 18.3. The van der Waals surface area contributed by atoms with Gasteiger partial charge in [-0.15, -0.1) is 0 Å². The molecule has 0 bridgehead atoms. The minimum Gasteiger partial charge on any atom is -0.371 e. The molecule has 2 aromatic heterocycles. The molecule has 0 amide bonds. The third kappa shape index (κ3) is 5.62. The van der Waals surface area contributed by atoms with Crippen molar-refractivity contribution in [3.8, 4) is 11.1 Å².